The fourth-order valence-corrected chi connectivity index (χ4v) is 1.90. The summed E-state index contributed by atoms with van der Waals surface area (Å²) >= 11 is 0. The smallest absolute Gasteiger partial charge is 0.308 e. The molecule has 2 heterocycles. The maximum atomic E-state index is 12.1. The molecule has 0 aromatic carbocycles. The molecule has 6 nitrogen and oxygen atoms in total. The highest BCUT2D eigenvalue weighted by molar-refractivity contribution is 6.06. The van der Waals surface area contributed by atoms with E-state index in [0.29, 0.717) is 16.8 Å². The number of amides is 1. The van der Waals surface area contributed by atoms with E-state index < -0.39 is 5.97 Å². The van der Waals surface area contributed by atoms with Crippen molar-refractivity contribution >= 4 is 23.2 Å². The molecule has 20 heavy (non-hydrogen) atoms. The molecule has 0 bridgehead atoms. The summed E-state index contributed by atoms with van der Waals surface area (Å²) in [5.41, 5.74) is 0.911. The highest BCUT2D eigenvalue weighted by atomic mass is 16.5. The highest BCUT2D eigenvalue weighted by Gasteiger charge is 2.16. The minimum Gasteiger partial charge on any atom is -0.424 e. The molecule has 0 saturated heterocycles. The zero-order valence-corrected chi connectivity index (χ0v) is 11.2. The molecule has 104 valence electrons. The molecule has 0 fully saturated rings. The predicted molar refractivity (Wildman–Crippen MR) is 71.7 cm³/mol. The van der Waals surface area contributed by atoms with Crippen LogP contribution in [0.4, 0.5) is 0 Å². The third kappa shape index (κ3) is 2.85. The van der Waals surface area contributed by atoms with Gasteiger partial charge in [0.25, 0.3) is 0 Å². The molecule has 0 unspecified atom stereocenters. The highest BCUT2D eigenvalue weighted by Crippen LogP contribution is 2.25. The van der Waals surface area contributed by atoms with Gasteiger partial charge in [0.2, 0.25) is 5.91 Å². The molecule has 1 amide bonds. The van der Waals surface area contributed by atoms with E-state index in [-0.39, 0.29) is 18.2 Å². The Hall–Kier alpha value is -2.63. The third-order valence-corrected chi connectivity index (χ3v) is 2.69. The monoisotopic (exact) mass is 274 g/mol. The Kier molecular flexibility index (Phi) is 3.84. The van der Waals surface area contributed by atoms with Gasteiger partial charge >= 0.3 is 5.97 Å². The summed E-state index contributed by atoms with van der Waals surface area (Å²) in [5.74, 6) is -0.667. The van der Waals surface area contributed by atoms with E-state index in [4.69, 9.17) is 4.74 Å². The zero-order chi connectivity index (χ0) is 14.7. The van der Waals surface area contributed by atoms with Crippen LogP contribution >= 0.6 is 0 Å². The van der Waals surface area contributed by atoms with Crippen LogP contribution in [-0.2, 0) is 9.59 Å². The molecule has 0 atom stereocenters. The quantitative estimate of drug-likeness (QED) is 0.671. The number of carbonyl (C=O) groups is 3. The van der Waals surface area contributed by atoms with Crippen molar-refractivity contribution in [3.8, 4) is 5.75 Å². The van der Waals surface area contributed by atoms with Crippen molar-refractivity contribution in [1.82, 2.24) is 9.72 Å². The van der Waals surface area contributed by atoms with Crippen LogP contribution in [0.1, 0.15) is 24.2 Å². The first-order valence-electron chi connectivity index (χ1n) is 6.05. The number of ketones is 1. The lowest BCUT2D eigenvalue weighted by atomic mass is 10.1. The molecule has 0 aliphatic heterocycles. The Morgan fingerprint density at radius 1 is 1.20 bits per heavy atom. The minimum absolute atomic E-state index is 0.0938. The van der Waals surface area contributed by atoms with Gasteiger partial charge < -0.3 is 14.5 Å². The number of Topliss-reactive ketones (excluding diaryl/α,β-unsaturated/α-hetero) is 1. The van der Waals surface area contributed by atoms with Crippen LogP contribution in [0.2, 0.25) is 0 Å². The molecule has 2 aromatic rings. The van der Waals surface area contributed by atoms with Crippen LogP contribution in [-0.4, -0.2) is 28.6 Å². The van der Waals surface area contributed by atoms with E-state index in [1.54, 1.807) is 35.0 Å². The number of fused-ring (bicyclic) bond motifs is 1. The fourth-order valence-electron chi connectivity index (χ4n) is 1.90. The number of carbonyl (C=O) groups excluding carboxylic acids is 3. The summed E-state index contributed by atoms with van der Waals surface area (Å²) in [6.45, 7) is 2.55. The molecule has 0 aliphatic rings. The summed E-state index contributed by atoms with van der Waals surface area (Å²) in [7, 11) is 0. The largest absolute Gasteiger partial charge is 0.424 e. The lowest BCUT2D eigenvalue weighted by Gasteiger charge is -2.06. The van der Waals surface area contributed by atoms with Gasteiger partial charge in [0.05, 0.1) is 12.1 Å². The van der Waals surface area contributed by atoms with Gasteiger partial charge in [-0.2, -0.15) is 0 Å². The maximum Gasteiger partial charge on any atom is 0.308 e. The summed E-state index contributed by atoms with van der Waals surface area (Å²) < 4.78 is 6.80. The summed E-state index contributed by atoms with van der Waals surface area (Å²) in [6, 6.07) is 4.96. The van der Waals surface area contributed by atoms with E-state index in [1.165, 1.54) is 13.8 Å². The molecule has 2 rings (SSSR count). The molecular formula is C14H14N2O4. The molecule has 6 heteroatoms. The number of ether oxygens (including phenoxy) is 1. The second kappa shape index (κ2) is 5.56. The normalized spacial score (nSPS) is 10.3. The SMILES string of the molecule is CC(=O)NCC(=O)c1ccn2cccc(OC(C)=O)c12. The van der Waals surface area contributed by atoms with Crippen LogP contribution in [0.3, 0.4) is 0 Å². The standard InChI is InChI=1S/C14H14N2O4/c1-9(17)15-8-12(19)11-5-7-16-6-3-4-13(14(11)16)20-10(2)18/h3-7H,8H2,1-2H3,(H,15,17). The van der Waals surface area contributed by atoms with Crippen LogP contribution in [0, 0.1) is 0 Å². The number of nitrogens with zero attached hydrogens (tertiary/aromatic N) is 1. The lowest BCUT2D eigenvalue weighted by Crippen LogP contribution is -2.27. The van der Waals surface area contributed by atoms with Gasteiger partial charge in [-0.25, -0.2) is 0 Å². The second-order valence-electron chi connectivity index (χ2n) is 4.28. The molecule has 0 spiro atoms. The first-order valence-corrected chi connectivity index (χ1v) is 6.05. The van der Waals surface area contributed by atoms with Crippen molar-refractivity contribution in [3.63, 3.8) is 0 Å². The maximum absolute atomic E-state index is 12.1. The average molecular weight is 274 g/mol. The van der Waals surface area contributed by atoms with Crippen molar-refractivity contribution in [2.24, 2.45) is 0 Å². The number of hydrogen-bond donors (Lipinski definition) is 1. The minimum atomic E-state index is -0.459. The van der Waals surface area contributed by atoms with E-state index >= 15 is 0 Å². The van der Waals surface area contributed by atoms with Crippen molar-refractivity contribution in [2.75, 3.05) is 6.54 Å². The van der Waals surface area contributed by atoms with E-state index in [1.807, 2.05) is 0 Å². The van der Waals surface area contributed by atoms with Crippen molar-refractivity contribution in [3.05, 3.63) is 36.2 Å². The van der Waals surface area contributed by atoms with E-state index in [0.717, 1.165) is 0 Å². The first kappa shape index (κ1) is 13.8. The molecular weight excluding hydrogens is 260 g/mol. The van der Waals surface area contributed by atoms with Crippen molar-refractivity contribution < 1.29 is 19.1 Å². The van der Waals surface area contributed by atoms with Crippen LogP contribution in [0.15, 0.2) is 30.6 Å². The molecule has 0 radical (unpaired) electrons. The number of nitrogens with one attached hydrogen (secondary N) is 1. The Balaban J connectivity index is 2.41. The van der Waals surface area contributed by atoms with Crippen LogP contribution in [0.5, 0.6) is 5.75 Å². The van der Waals surface area contributed by atoms with Crippen LogP contribution in [0.25, 0.3) is 5.52 Å². The zero-order valence-electron chi connectivity index (χ0n) is 11.2. The summed E-state index contributed by atoms with van der Waals surface area (Å²) in [5, 5.41) is 2.45. The van der Waals surface area contributed by atoms with Gasteiger partial charge in [0.1, 0.15) is 0 Å². The molecule has 0 saturated carbocycles. The Morgan fingerprint density at radius 3 is 2.60 bits per heavy atom. The lowest BCUT2D eigenvalue weighted by molar-refractivity contribution is -0.131. The molecule has 2 aromatic heterocycles. The van der Waals surface area contributed by atoms with Gasteiger partial charge in [0, 0.05) is 31.8 Å². The molecule has 0 aliphatic carbocycles. The van der Waals surface area contributed by atoms with E-state index in [2.05, 4.69) is 5.32 Å². The number of hydrogen-bond acceptors (Lipinski definition) is 4. The Labute approximate surface area is 115 Å². The Morgan fingerprint density at radius 2 is 1.95 bits per heavy atom. The van der Waals surface area contributed by atoms with Gasteiger partial charge in [-0.3, -0.25) is 14.4 Å². The van der Waals surface area contributed by atoms with E-state index in [9.17, 15) is 14.4 Å². The fraction of sp³-hybridized carbons (Fsp3) is 0.214. The Bertz CT molecular complexity index is 688. The number of pyridine rings is 1. The first-order chi connectivity index (χ1) is 9.49. The van der Waals surface area contributed by atoms with Crippen molar-refractivity contribution in [1.29, 1.82) is 0 Å². The average Bonchev–Trinajstić information content (AvgIpc) is 2.80. The molecule has 1 N–H and O–H groups in total. The summed E-state index contributed by atoms with van der Waals surface area (Å²) in [6.07, 6.45) is 3.45. The predicted octanol–water partition coefficient (Wildman–Crippen LogP) is 1.18. The third-order valence-electron chi connectivity index (χ3n) is 2.69. The van der Waals surface area contributed by atoms with Gasteiger partial charge in [-0.15, -0.1) is 0 Å². The van der Waals surface area contributed by atoms with Gasteiger partial charge in [-0.05, 0) is 18.2 Å². The van der Waals surface area contributed by atoms with Crippen molar-refractivity contribution in [2.45, 2.75) is 13.8 Å². The second-order valence-corrected chi connectivity index (χ2v) is 4.28. The number of aromatic nitrogens is 1. The number of esters is 1. The van der Waals surface area contributed by atoms with Gasteiger partial charge in [0.15, 0.2) is 11.5 Å². The number of rotatable bonds is 4. The topological polar surface area (TPSA) is 76.9 Å². The van der Waals surface area contributed by atoms with Gasteiger partial charge in [-0.1, -0.05) is 0 Å². The summed E-state index contributed by atoms with van der Waals surface area (Å²) in [4.78, 5) is 34.1. The van der Waals surface area contributed by atoms with Crippen LogP contribution < -0.4 is 10.1 Å².